The van der Waals surface area contributed by atoms with Crippen molar-refractivity contribution in [3.05, 3.63) is 22.7 Å². The number of halogens is 1. The summed E-state index contributed by atoms with van der Waals surface area (Å²) >= 11 is 6.23. The summed E-state index contributed by atoms with van der Waals surface area (Å²) < 4.78 is 10.8. The summed E-state index contributed by atoms with van der Waals surface area (Å²) in [4.78, 5) is 23.3. The minimum absolute atomic E-state index is 0.0483. The van der Waals surface area contributed by atoms with E-state index in [0.717, 1.165) is 5.56 Å². The molecule has 0 saturated heterocycles. The molecule has 1 aliphatic carbocycles. The molecule has 0 unspecified atom stereocenters. The first-order chi connectivity index (χ1) is 12.0. The van der Waals surface area contributed by atoms with Gasteiger partial charge in [-0.15, -0.1) is 0 Å². The van der Waals surface area contributed by atoms with Gasteiger partial charge in [0.15, 0.2) is 11.5 Å². The van der Waals surface area contributed by atoms with Crippen LogP contribution in [0.25, 0.3) is 0 Å². The molecule has 1 aromatic rings. The van der Waals surface area contributed by atoms with Gasteiger partial charge in [-0.3, -0.25) is 9.59 Å². The number of carbonyl (C=O) groups is 2. The number of ether oxygens (including phenoxy) is 2. The smallest absolute Gasteiger partial charge is 0.306 e. The number of methoxy groups -OCH3 is 1. The Bertz CT molecular complexity index is 626. The molecule has 7 heteroatoms. The summed E-state index contributed by atoms with van der Waals surface area (Å²) in [6.07, 6.45) is 2.32. The second kappa shape index (κ2) is 8.94. The number of aliphatic carboxylic acids is 1. The Morgan fingerprint density at radius 3 is 2.44 bits per heavy atom. The van der Waals surface area contributed by atoms with E-state index < -0.39 is 5.97 Å². The number of amides is 1. The predicted molar refractivity (Wildman–Crippen MR) is 94.1 cm³/mol. The maximum absolute atomic E-state index is 12.3. The molecule has 25 heavy (non-hydrogen) atoms. The average Bonchev–Trinajstić information content (AvgIpc) is 2.61. The lowest BCUT2D eigenvalue weighted by molar-refractivity contribution is -0.144. The van der Waals surface area contributed by atoms with Gasteiger partial charge in [-0.25, -0.2) is 0 Å². The first-order valence-corrected chi connectivity index (χ1v) is 8.83. The summed E-state index contributed by atoms with van der Waals surface area (Å²) in [5, 5.41) is 12.4. The van der Waals surface area contributed by atoms with Gasteiger partial charge in [-0.2, -0.15) is 0 Å². The normalized spacial score (nSPS) is 20.0. The van der Waals surface area contributed by atoms with Gasteiger partial charge < -0.3 is 19.9 Å². The highest BCUT2D eigenvalue weighted by Gasteiger charge is 2.29. The number of rotatable bonds is 7. The highest BCUT2D eigenvalue weighted by molar-refractivity contribution is 6.32. The maximum atomic E-state index is 12.3. The van der Waals surface area contributed by atoms with Crippen molar-refractivity contribution in [2.45, 2.75) is 39.2 Å². The summed E-state index contributed by atoms with van der Waals surface area (Å²) in [7, 11) is 1.54. The van der Waals surface area contributed by atoms with E-state index in [9.17, 15) is 9.59 Å². The van der Waals surface area contributed by atoms with Crippen LogP contribution in [-0.2, 0) is 16.1 Å². The maximum Gasteiger partial charge on any atom is 0.306 e. The molecule has 138 valence electrons. The number of carboxylic acids is 1. The topological polar surface area (TPSA) is 84.9 Å². The van der Waals surface area contributed by atoms with Crippen molar-refractivity contribution in [3.8, 4) is 11.5 Å². The van der Waals surface area contributed by atoms with Crippen molar-refractivity contribution >= 4 is 23.5 Å². The number of hydrogen-bond acceptors (Lipinski definition) is 4. The third kappa shape index (κ3) is 5.01. The highest BCUT2D eigenvalue weighted by Crippen LogP contribution is 2.36. The monoisotopic (exact) mass is 369 g/mol. The Morgan fingerprint density at radius 2 is 1.88 bits per heavy atom. The van der Waals surface area contributed by atoms with Crippen LogP contribution in [-0.4, -0.2) is 30.7 Å². The summed E-state index contributed by atoms with van der Waals surface area (Å²) in [6.45, 7) is 2.67. The quantitative estimate of drug-likeness (QED) is 0.770. The van der Waals surface area contributed by atoms with Crippen LogP contribution in [0.15, 0.2) is 12.1 Å². The predicted octanol–water partition coefficient (Wildman–Crippen LogP) is 3.25. The molecule has 0 spiro atoms. The van der Waals surface area contributed by atoms with Gasteiger partial charge in [0.05, 0.1) is 24.7 Å². The van der Waals surface area contributed by atoms with Gasteiger partial charge in [0.1, 0.15) is 0 Å². The van der Waals surface area contributed by atoms with Gasteiger partial charge in [0.2, 0.25) is 5.91 Å². The molecule has 1 saturated carbocycles. The second-order valence-electron chi connectivity index (χ2n) is 6.15. The molecule has 1 fully saturated rings. The lowest BCUT2D eigenvalue weighted by Gasteiger charge is -2.25. The SMILES string of the molecule is CCOc1c(Cl)cc(CNC(=O)C2CCC(C(=O)O)CC2)cc1OC. The van der Waals surface area contributed by atoms with Crippen molar-refractivity contribution < 1.29 is 24.2 Å². The van der Waals surface area contributed by atoms with Gasteiger partial charge in [0.25, 0.3) is 0 Å². The molecule has 0 atom stereocenters. The minimum Gasteiger partial charge on any atom is -0.493 e. The van der Waals surface area contributed by atoms with Crippen molar-refractivity contribution in [1.29, 1.82) is 0 Å². The fraction of sp³-hybridized carbons (Fsp3) is 0.556. The van der Waals surface area contributed by atoms with Crippen molar-refractivity contribution in [2.24, 2.45) is 11.8 Å². The van der Waals surface area contributed by atoms with E-state index in [1.54, 1.807) is 12.1 Å². The Labute approximate surface area is 152 Å². The molecule has 6 nitrogen and oxygen atoms in total. The molecule has 0 bridgehead atoms. The Hall–Kier alpha value is -1.95. The first kappa shape index (κ1) is 19.4. The highest BCUT2D eigenvalue weighted by atomic mass is 35.5. The number of benzene rings is 1. The van der Waals surface area contributed by atoms with Crippen LogP contribution < -0.4 is 14.8 Å². The van der Waals surface area contributed by atoms with E-state index >= 15 is 0 Å². The molecule has 0 heterocycles. The zero-order valence-corrected chi connectivity index (χ0v) is 15.3. The van der Waals surface area contributed by atoms with Crippen molar-refractivity contribution in [2.75, 3.05) is 13.7 Å². The first-order valence-electron chi connectivity index (χ1n) is 8.46. The van der Waals surface area contributed by atoms with Crippen LogP contribution >= 0.6 is 11.6 Å². The molecule has 1 aliphatic rings. The van der Waals surface area contributed by atoms with Crippen molar-refractivity contribution in [1.82, 2.24) is 5.32 Å². The summed E-state index contributed by atoms with van der Waals surface area (Å²) in [6, 6.07) is 3.54. The molecule has 0 aromatic heterocycles. The van der Waals surface area contributed by atoms with Gasteiger partial charge in [0, 0.05) is 12.5 Å². The van der Waals surface area contributed by atoms with E-state index in [4.69, 9.17) is 26.2 Å². The zero-order valence-electron chi connectivity index (χ0n) is 14.5. The van der Waals surface area contributed by atoms with E-state index in [2.05, 4.69) is 5.32 Å². The molecule has 0 aliphatic heterocycles. The lowest BCUT2D eigenvalue weighted by atomic mass is 9.81. The number of hydrogen-bond donors (Lipinski definition) is 2. The lowest BCUT2D eigenvalue weighted by Crippen LogP contribution is -2.34. The van der Waals surface area contributed by atoms with E-state index in [1.165, 1.54) is 7.11 Å². The Kier molecular flexibility index (Phi) is 6.93. The fourth-order valence-electron chi connectivity index (χ4n) is 3.10. The van der Waals surface area contributed by atoms with E-state index in [1.807, 2.05) is 6.92 Å². The minimum atomic E-state index is -0.769. The number of carboxylic acid groups (broad SMARTS) is 1. The Balaban J connectivity index is 1.94. The van der Waals surface area contributed by atoms with Gasteiger partial charge >= 0.3 is 5.97 Å². The molecule has 1 aromatic carbocycles. The van der Waals surface area contributed by atoms with Crippen LogP contribution in [0.3, 0.4) is 0 Å². The van der Waals surface area contributed by atoms with Crippen LogP contribution in [0.1, 0.15) is 38.2 Å². The van der Waals surface area contributed by atoms with Crippen LogP contribution in [0.2, 0.25) is 5.02 Å². The molecule has 2 N–H and O–H groups in total. The largest absolute Gasteiger partial charge is 0.493 e. The third-order valence-corrected chi connectivity index (χ3v) is 4.77. The van der Waals surface area contributed by atoms with Crippen LogP contribution in [0, 0.1) is 11.8 Å². The average molecular weight is 370 g/mol. The molecular weight excluding hydrogens is 346 g/mol. The van der Waals surface area contributed by atoms with Gasteiger partial charge in [-0.1, -0.05) is 11.6 Å². The summed E-state index contributed by atoms with van der Waals surface area (Å²) in [5.74, 6) is -0.244. The molecule has 1 amide bonds. The molecular formula is C18H24ClNO5. The van der Waals surface area contributed by atoms with Gasteiger partial charge in [-0.05, 0) is 50.3 Å². The second-order valence-corrected chi connectivity index (χ2v) is 6.55. The third-order valence-electron chi connectivity index (χ3n) is 4.49. The fourth-order valence-corrected chi connectivity index (χ4v) is 3.38. The molecule has 2 rings (SSSR count). The van der Waals surface area contributed by atoms with Crippen LogP contribution in [0.5, 0.6) is 11.5 Å². The standard InChI is InChI=1S/C18H24ClNO5/c1-3-25-16-14(19)8-11(9-15(16)24-2)10-20-17(21)12-4-6-13(7-5-12)18(22)23/h8-9,12-13H,3-7,10H2,1-2H3,(H,20,21)(H,22,23). The molecule has 0 radical (unpaired) electrons. The number of nitrogens with one attached hydrogen (secondary N) is 1. The number of carbonyl (C=O) groups excluding carboxylic acids is 1. The Morgan fingerprint density at radius 1 is 1.24 bits per heavy atom. The van der Waals surface area contributed by atoms with E-state index in [0.29, 0.717) is 55.4 Å². The zero-order chi connectivity index (χ0) is 18.4. The van der Waals surface area contributed by atoms with Crippen molar-refractivity contribution in [3.63, 3.8) is 0 Å². The summed E-state index contributed by atoms with van der Waals surface area (Å²) in [5.41, 5.74) is 0.817. The van der Waals surface area contributed by atoms with Crippen LogP contribution in [0.4, 0.5) is 0 Å². The van der Waals surface area contributed by atoms with E-state index in [-0.39, 0.29) is 17.7 Å².